The van der Waals surface area contributed by atoms with Gasteiger partial charge in [-0.2, -0.15) is 0 Å². The molecule has 1 aromatic carbocycles. The molecule has 2 N–H and O–H groups in total. The molecule has 0 radical (unpaired) electrons. The van der Waals surface area contributed by atoms with E-state index in [2.05, 4.69) is 23.1 Å². The van der Waals surface area contributed by atoms with E-state index in [1.165, 1.54) is 11.3 Å². The minimum Gasteiger partial charge on any atom is -0.366 e. The third-order valence-electron chi connectivity index (χ3n) is 3.05. The zero-order chi connectivity index (χ0) is 11.1. The van der Waals surface area contributed by atoms with E-state index in [0.29, 0.717) is 12.1 Å². The van der Waals surface area contributed by atoms with Crippen LogP contribution in [0.5, 0.6) is 0 Å². The fraction of sp³-hybridized carbons (Fsp3) is 0.154. The van der Waals surface area contributed by atoms with Gasteiger partial charge >= 0.3 is 0 Å². The third-order valence-corrected chi connectivity index (χ3v) is 3.05. The number of amides is 1. The fourth-order valence-corrected chi connectivity index (χ4v) is 2.33. The number of nitrogens with zero attached hydrogens (tertiary/aromatic N) is 1. The second-order valence-corrected chi connectivity index (χ2v) is 4.10. The van der Waals surface area contributed by atoms with Crippen molar-refractivity contribution < 1.29 is 4.79 Å². The van der Waals surface area contributed by atoms with Crippen LogP contribution in [0.2, 0.25) is 0 Å². The number of carbonyl (C=O) groups is 1. The molecule has 0 saturated heterocycles. The van der Waals surface area contributed by atoms with Crippen molar-refractivity contribution in [2.75, 3.05) is 18.0 Å². The van der Waals surface area contributed by atoms with Crippen LogP contribution in [0.3, 0.4) is 0 Å². The molecule has 0 aromatic heterocycles. The lowest BCUT2D eigenvalue weighted by Crippen LogP contribution is -2.34. The second kappa shape index (κ2) is 3.23. The molecule has 2 aliphatic rings. The van der Waals surface area contributed by atoms with Gasteiger partial charge in [0.15, 0.2) is 0 Å². The van der Waals surface area contributed by atoms with E-state index in [0.717, 1.165) is 12.1 Å². The minimum atomic E-state index is -0.328. The third kappa shape index (κ3) is 1.25. The van der Waals surface area contributed by atoms with Gasteiger partial charge in [-0.05, 0) is 17.2 Å². The van der Waals surface area contributed by atoms with Crippen LogP contribution in [-0.4, -0.2) is 19.0 Å². The molecular formula is C13H12N2O. The van der Waals surface area contributed by atoms with E-state index in [1.807, 2.05) is 18.2 Å². The maximum atomic E-state index is 11.2. The predicted molar refractivity (Wildman–Crippen MR) is 64.9 cm³/mol. The first kappa shape index (κ1) is 9.21. The van der Waals surface area contributed by atoms with Gasteiger partial charge in [0, 0.05) is 18.7 Å². The average molecular weight is 212 g/mol. The molecule has 3 rings (SSSR count). The molecule has 2 aliphatic heterocycles. The molecular weight excluding hydrogens is 200 g/mol. The smallest absolute Gasteiger partial charge is 0.246 e. The Hall–Kier alpha value is -2.03. The maximum absolute atomic E-state index is 11.2. The monoisotopic (exact) mass is 212 g/mol. The number of rotatable bonds is 1. The lowest BCUT2D eigenvalue weighted by molar-refractivity contribution is -0.114. The Kier molecular flexibility index (Phi) is 1.86. The molecule has 0 atom stereocenters. The number of benzene rings is 1. The van der Waals surface area contributed by atoms with E-state index in [-0.39, 0.29) is 5.91 Å². The van der Waals surface area contributed by atoms with Crippen molar-refractivity contribution in [2.45, 2.75) is 0 Å². The van der Waals surface area contributed by atoms with Crippen molar-refractivity contribution in [3.8, 4) is 0 Å². The normalized spacial score (nSPS) is 16.8. The lowest BCUT2D eigenvalue weighted by Gasteiger charge is -2.33. The zero-order valence-corrected chi connectivity index (χ0v) is 8.81. The van der Waals surface area contributed by atoms with Crippen LogP contribution in [0.1, 0.15) is 11.1 Å². The molecule has 0 spiro atoms. The largest absolute Gasteiger partial charge is 0.366 e. The predicted octanol–water partition coefficient (Wildman–Crippen LogP) is 1.40. The second-order valence-electron chi connectivity index (χ2n) is 4.10. The molecule has 0 fully saturated rings. The van der Waals surface area contributed by atoms with E-state index in [9.17, 15) is 4.79 Å². The van der Waals surface area contributed by atoms with Crippen LogP contribution in [0.25, 0.3) is 12.2 Å². The van der Waals surface area contributed by atoms with Crippen LogP contribution in [-0.2, 0) is 4.79 Å². The molecule has 80 valence electrons. The molecule has 0 bridgehead atoms. The van der Waals surface area contributed by atoms with Crippen LogP contribution < -0.4 is 10.6 Å². The summed E-state index contributed by atoms with van der Waals surface area (Å²) in [5, 5.41) is 0. The summed E-state index contributed by atoms with van der Waals surface area (Å²) >= 11 is 0. The summed E-state index contributed by atoms with van der Waals surface area (Å²) < 4.78 is 0. The molecule has 2 heterocycles. The first-order chi connectivity index (χ1) is 7.75. The quantitative estimate of drug-likeness (QED) is 0.765. The van der Waals surface area contributed by atoms with Crippen LogP contribution >= 0.6 is 0 Å². The van der Waals surface area contributed by atoms with Crippen molar-refractivity contribution >= 4 is 23.7 Å². The van der Waals surface area contributed by atoms with Crippen molar-refractivity contribution in [3.05, 3.63) is 41.0 Å². The zero-order valence-electron chi connectivity index (χ0n) is 8.81. The first-order valence-electron chi connectivity index (χ1n) is 5.30. The first-order valence-corrected chi connectivity index (χ1v) is 5.30. The Morgan fingerprint density at radius 1 is 1.31 bits per heavy atom. The Morgan fingerprint density at radius 2 is 2.12 bits per heavy atom. The number of hydrogen-bond acceptors (Lipinski definition) is 2. The van der Waals surface area contributed by atoms with Crippen molar-refractivity contribution in [1.29, 1.82) is 0 Å². The Bertz CT molecular complexity index is 529. The highest BCUT2D eigenvalue weighted by Crippen LogP contribution is 2.34. The summed E-state index contributed by atoms with van der Waals surface area (Å²) in [6, 6.07) is 6.11. The topological polar surface area (TPSA) is 46.3 Å². The summed E-state index contributed by atoms with van der Waals surface area (Å²) in [5.41, 5.74) is 9.54. The van der Waals surface area contributed by atoms with E-state index >= 15 is 0 Å². The molecule has 0 aliphatic carbocycles. The van der Waals surface area contributed by atoms with Gasteiger partial charge in [-0.3, -0.25) is 4.79 Å². The van der Waals surface area contributed by atoms with Crippen LogP contribution in [0.4, 0.5) is 5.69 Å². The van der Waals surface area contributed by atoms with Gasteiger partial charge in [0.25, 0.3) is 0 Å². The minimum absolute atomic E-state index is 0.328. The van der Waals surface area contributed by atoms with E-state index < -0.39 is 0 Å². The molecule has 0 saturated carbocycles. The Labute approximate surface area is 93.9 Å². The molecule has 1 amide bonds. The van der Waals surface area contributed by atoms with Gasteiger partial charge in [-0.1, -0.05) is 30.4 Å². The number of carbonyl (C=O) groups excluding carboxylic acids is 1. The van der Waals surface area contributed by atoms with Gasteiger partial charge in [-0.25, -0.2) is 0 Å². The van der Waals surface area contributed by atoms with Gasteiger partial charge in [-0.15, -0.1) is 0 Å². The van der Waals surface area contributed by atoms with Crippen molar-refractivity contribution in [1.82, 2.24) is 0 Å². The van der Waals surface area contributed by atoms with E-state index in [1.54, 1.807) is 0 Å². The van der Waals surface area contributed by atoms with Crippen molar-refractivity contribution in [3.63, 3.8) is 0 Å². The lowest BCUT2D eigenvalue weighted by atomic mass is 9.96. The van der Waals surface area contributed by atoms with Crippen molar-refractivity contribution in [2.24, 2.45) is 5.73 Å². The van der Waals surface area contributed by atoms with Gasteiger partial charge in [0.05, 0.1) is 5.69 Å². The van der Waals surface area contributed by atoms with Gasteiger partial charge in [0.1, 0.15) is 0 Å². The standard InChI is InChI=1S/C13H12N2O/c14-13(16)11-7-10-4-1-3-9-5-2-6-15(8-11)12(9)10/h1-5,7H,6,8H2,(H2,14,16). The highest BCUT2D eigenvalue weighted by Gasteiger charge is 2.23. The fourth-order valence-electron chi connectivity index (χ4n) is 2.33. The van der Waals surface area contributed by atoms with Gasteiger partial charge in [0.2, 0.25) is 5.91 Å². The van der Waals surface area contributed by atoms with Crippen LogP contribution in [0.15, 0.2) is 29.8 Å². The number of nitrogens with two attached hydrogens (primary N) is 1. The van der Waals surface area contributed by atoms with Crippen LogP contribution in [0, 0.1) is 0 Å². The Morgan fingerprint density at radius 3 is 2.94 bits per heavy atom. The number of para-hydroxylation sites is 1. The average Bonchev–Trinajstić information content (AvgIpc) is 2.29. The molecule has 1 aromatic rings. The summed E-state index contributed by atoms with van der Waals surface area (Å²) in [5.74, 6) is -0.328. The highest BCUT2D eigenvalue weighted by molar-refractivity contribution is 6.01. The number of primary amides is 1. The molecule has 3 nitrogen and oxygen atoms in total. The molecule has 0 unspecified atom stereocenters. The van der Waals surface area contributed by atoms with E-state index in [4.69, 9.17) is 5.73 Å². The SMILES string of the molecule is NC(=O)C1=Cc2cccc3c2N(CC=C3)C1. The van der Waals surface area contributed by atoms with Gasteiger partial charge < -0.3 is 10.6 Å². The summed E-state index contributed by atoms with van der Waals surface area (Å²) in [6.45, 7) is 1.46. The summed E-state index contributed by atoms with van der Waals surface area (Å²) in [6.07, 6.45) is 6.13. The highest BCUT2D eigenvalue weighted by atomic mass is 16.1. The number of hydrogen-bond donors (Lipinski definition) is 1. The number of anilines is 1. The molecule has 16 heavy (non-hydrogen) atoms. The summed E-state index contributed by atoms with van der Waals surface area (Å²) in [7, 11) is 0. The Balaban J connectivity index is 2.20. The maximum Gasteiger partial charge on any atom is 0.246 e. The molecule has 3 heteroatoms. The summed E-state index contributed by atoms with van der Waals surface area (Å²) in [4.78, 5) is 13.4.